The lowest BCUT2D eigenvalue weighted by Gasteiger charge is -2.10. The molecule has 0 saturated carbocycles. The van der Waals surface area contributed by atoms with Crippen LogP contribution >= 0.6 is 0 Å². The Hall–Kier alpha value is -1.35. The summed E-state index contributed by atoms with van der Waals surface area (Å²) in [5, 5.41) is 9.20. The Bertz CT molecular complexity index is 328. The predicted octanol–water partition coefficient (Wildman–Crippen LogP) is 1.31. The molecule has 0 aromatic heterocycles. The summed E-state index contributed by atoms with van der Waals surface area (Å²) in [6.07, 6.45) is 0.275. The SMILES string of the molecule is C[C@@H](O)Cc1ccc(C(=O)N(C)C)cc1. The van der Waals surface area contributed by atoms with E-state index in [1.165, 1.54) is 0 Å². The zero-order valence-corrected chi connectivity index (χ0v) is 9.40. The Morgan fingerprint density at radius 2 is 1.87 bits per heavy atom. The third kappa shape index (κ3) is 3.36. The van der Waals surface area contributed by atoms with E-state index in [-0.39, 0.29) is 12.0 Å². The van der Waals surface area contributed by atoms with Crippen LogP contribution in [-0.4, -0.2) is 36.1 Å². The minimum atomic E-state index is -0.347. The van der Waals surface area contributed by atoms with Crippen molar-refractivity contribution < 1.29 is 9.90 Å². The molecule has 0 bridgehead atoms. The van der Waals surface area contributed by atoms with Crippen molar-refractivity contribution in [2.45, 2.75) is 19.4 Å². The molecular formula is C12H17NO2. The summed E-state index contributed by atoms with van der Waals surface area (Å²) >= 11 is 0. The fourth-order valence-corrected chi connectivity index (χ4v) is 1.38. The highest BCUT2D eigenvalue weighted by Crippen LogP contribution is 2.08. The molecule has 0 spiro atoms. The highest BCUT2D eigenvalue weighted by Gasteiger charge is 2.07. The normalized spacial score (nSPS) is 12.3. The van der Waals surface area contributed by atoms with E-state index in [9.17, 15) is 9.90 Å². The van der Waals surface area contributed by atoms with Gasteiger partial charge in [0.15, 0.2) is 0 Å². The van der Waals surface area contributed by atoms with Gasteiger partial charge in [-0.25, -0.2) is 0 Å². The molecule has 1 N–H and O–H groups in total. The monoisotopic (exact) mass is 207 g/mol. The molecule has 15 heavy (non-hydrogen) atoms. The topological polar surface area (TPSA) is 40.5 Å². The summed E-state index contributed by atoms with van der Waals surface area (Å²) < 4.78 is 0. The molecule has 0 fully saturated rings. The number of nitrogens with zero attached hydrogens (tertiary/aromatic N) is 1. The largest absolute Gasteiger partial charge is 0.393 e. The Labute approximate surface area is 90.3 Å². The van der Waals surface area contributed by atoms with Gasteiger partial charge in [-0.1, -0.05) is 12.1 Å². The third-order valence-electron chi connectivity index (χ3n) is 2.14. The number of hydrogen-bond donors (Lipinski definition) is 1. The smallest absolute Gasteiger partial charge is 0.253 e. The van der Waals surface area contributed by atoms with Crippen LogP contribution in [0.1, 0.15) is 22.8 Å². The summed E-state index contributed by atoms with van der Waals surface area (Å²) in [5.74, 6) is -0.00130. The first-order valence-electron chi connectivity index (χ1n) is 4.99. The van der Waals surface area contributed by atoms with E-state index in [1.807, 2.05) is 12.1 Å². The van der Waals surface area contributed by atoms with Crippen LogP contribution in [-0.2, 0) is 6.42 Å². The Balaban J connectivity index is 2.76. The molecule has 0 unspecified atom stereocenters. The number of carbonyl (C=O) groups is 1. The molecule has 0 aliphatic heterocycles. The van der Waals surface area contributed by atoms with Gasteiger partial charge >= 0.3 is 0 Å². The van der Waals surface area contributed by atoms with E-state index < -0.39 is 0 Å². The van der Waals surface area contributed by atoms with Crippen molar-refractivity contribution >= 4 is 5.91 Å². The lowest BCUT2D eigenvalue weighted by Crippen LogP contribution is -2.21. The highest BCUT2D eigenvalue weighted by molar-refractivity contribution is 5.93. The lowest BCUT2D eigenvalue weighted by molar-refractivity contribution is 0.0827. The average molecular weight is 207 g/mol. The molecule has 0 heterocycles. The van der Waals surface area contributed by atoms with Gasteiger partial charge in [0.1, 0.15) is 0 Å². The maximum absolute atomic E-state index is 11.6. The van der Waals surface area contributed by atoms with Crippen molar-refractivity contribution in [3.05, 3.63) is 35.4 Å². The highest BCUT2D eigenvalue weighted by atomic mass is 16.3. The Morgan fingerprint density at radius 3 is 2.27 bits per heavy atom. The fraction of sp³-hybridized carbons (Fsp3) is 0.417. The molecule has 3 heteroatoms. The first-order valence-corrected chi connectivity index (χ1v) is 4.99. The second-order valence-electron chi connectivity index (χ2n) is 3.95. The molecule has 0 aliphatic rings. The molecule has 1 rings (SSSR count). The van der Waals surface area contributed by atoms with Crippen LogP contribution in [0.2, 0.25) is 0 Å². The van der Waals surface area contributed by atoms with Crippen molar-refractivity contribution in [1.29, 1.82) is 0 Å². The van der Waals surface area contributed by atoms with Crippen LogP contribution in [0.3, 0.4) is 0 Å². The summed E-state index contributed by atoms with van der Waals surface area (Å²) in [6, 6.07) is 7.34. The minimum absolute atomic E-state index is 0.00130. The first-order chi connectivity index (χ1) is 7.00. The van der Waals surface area contributed by atoms with Gasteiger partial charge in [0.05, 0.1) is 6.10 Å². The maximum atomic E-state index is 11.6. The van der Waals surface area contributed by atoms with Crippen molar-refractivity contribution in [3.63, 3.8) is 0 Å². The number of rotatable bonds is 3. The maximum Gasteiger partial charge on any atom is 0.253 e. The van der Waals surface area contributed by atoms with Crippen molar-refractivity contribution in [1.82, 2.24) is 4.90 Å². The molecule has 1 amide bonds. The van der Waals surface area contributed by atoms with Crippen molar-refractivity contribution in [2.24, 2.45) is 0 Å². The lowest BCUT2D eigenvalue weighted by atomic mass is 10.1. The van der Waals surface area contributed by atoms with Crippen LogP contribution in [0.4, 0.5) is 0 Å². The van der Waals surface area contributed by atoms with E-state index in [1.54, 1.807) is 38.1 Å². The van der Waals surface area contributed by atoms with E-state index in [2.05, 4.69) is 0 Å². The van der Waals surface area contributed by atoms with Crippen LogP contribution in [0, 0.1) is 0 Å². The van der Waals surface area contributed by atoms with E-state index in [0.29, 0.717) is 12.0 Å². The molecule has 82 valence electrons. The van der Waals surface area contributed by atoms with Crippen LogP contribution < -0.4 is 0 Å². The Morgan fingerprint density at radius 1 is 1.33 bits per heavy atom. The molecule has 1 atom stereocenters. The zero-order valence-electron chi connectivity index (χ0n) is 9.40. The predicted molar refractivity (Wildman–Crippen MR) is 59.8 cm³/mol. The first kappa shape index (κ1) is 11.7. The van der Waals surface area contributed by atoms with E-state index in [4.69, 9.17) is 0 Å². The second kappa shape index (κ2) is 4.94. The van der Waals surface area contributed by atoms with Gasteiger partial charge in [-0.05, 0) is 31.0 Å². The van der Waals surface area contributed by atoms with Gasteiger partial charge in [0.2, 0.25) is 0 Å². The molecule has 1 aromatic carbocycles. The number of hydrogen-bond acceptors (Lipinski definition) is 2. The summed E-state index contributed by atoms with van der Waals surface area (Å²) in [7, 11) is 3.46. The van der Waals surface area contributed by atoms with Gasteiger partial charge in [0, 0.05) is 19.7 Å². The van der Waals surface area contributed by atoms with Gasteiger partial charge in [-0.3, -0.25) is 4.79 Å². The molecule has 0 saturated heterocycles. The standard InChI is InChI=1S/C12H17NO2/c1-9(14)8-10-4-6-11(7-5-10)12(15)13(2)3/h4-7,9,14H,8H2,1-3H3/t9-/m1/s1. The number of carbonyl (C=O) groups excluding carboxylic acids is 1. The summed E-state index contributed by atoms with van der Waals surface area (Å²) in [4.78, 5) is 13.1. The minimum Gasteiger partial charge on any atom is -0.393 e. The number of amides is 1. The molecular weight excluding hydrogens is 190 g/mol. The second-order valence-corrected chi connectivity index (χ2v) is 3.95. The number of aliphatic hydroxyl groups is 1. The molecule has 3 nitrogen and oxygen atoms in total. The molecule has 0 aliphatic carbocycles. The van der Waals surface area contributed by atoms with Gasteiger partial charge in [0.25, 0.3) is 5.91 Å². The fourth-order valence-electron chi connectivity index (χ4n) is 1.38. The van der Waals surface area contributed by atoms with Crippen molar-refractivity contribution in [2.75, 3.05) is 14.1 Å². The molecule has 1 aromatic rings. The third-order valence-corrected chi connectivity index (χ3v) is 2.14. The van der Waals surface area contributed by atoms with Crippen LogP contribution in [0.25, 0.3) is 0 Å². The summed E-state index contributed by atoms with van der Waals surface area (Å²) in [5.41, 5.74) is 1.72. The number of benzene rings is 1. The van der Waals surface area contributed by atoms with Gasteiger partial charge < -0.3 is 10.0 Å². The van der Waals surface area contributed by atoms with Gasteiger partial charge in [-0.15, -0.1) is 0 Å². The number of aliphatic hydroxyl groups excluding tert-OH is 1. The Kier molecular flexibility index (Phi) is 3.86. The van der Waals surface area contributed by atoms with Crippen LogP contribution in [0.5, 0.6) is 0 Å². The van der Waals surface area contributed by atoms with E-state index >= 15 is 0 Å². The van der Waals surface area contributed by atoms with E-state index in [0.717, 1.165) is 5.56 Å². The molecule has 0 radical (unpaired) electrons. The zero-order chi connectivity index (χ0) is 11.4. The van der Waals surface area contributed by atoms with Crippen molar-refractivity contribution in [3.8, 4) is 0 Å². The summed E-state index contributed by atoms with van der Waals surface area (Å²) in [6.45, 7) is 1.75. The average Bonchev–Trinajstić information content (AvgIpc) is 2.17. The van der Waals surface area contributed by atoms with Crippen LogP contribution in [0.15, 0.2) is 24.3 Å². The van der Waals surface area contributed by atoms with Gasteiger partial charge in [-0.2, -0.15) is 0 Å². The quantitative estimate of drug-likeness (QED) is 0.812.